The summed E-state index contributed by atoms with van der Waals surface area (Å²) in [5.41, 5.74) is 8.28. The monoisotopic (exact) mass is 308 g/mol. The normalized spacial score (nSPS) is 25.8. The first-order valence-corrected chi connectivity index (χ1v) is 9.42. The molecule has 2 aliphatic rings. The van der Waals surface area contributed by atoms with Gasteiger partial charge >= 0.3 is 0 Å². The number of hydrogen-bond acceptors (Lipinski definition) is 3. The lowest BCUT2D eigenvalue weighted by molar-refractivity contribution is 0.296. The van der Waals surface area contributed by atoms with Crippen LogP contribution in [0.1, 0.15) is 43.2 Å². The highest BCUT2D eigenvalue weighted by Gasteiger charge is 2.29. The van der Waals surface area contributed by atoms with E-state index in [1.54, 1.807) is 6.07 Å². The number of aryl methyl sites for hydroxylation is 2. The van der Waals surface area contributed by atoms with E-state index in [0.29, 0.717) is 11.4 Å². The van der Waals surface area contributed by atoms with Crippen LogP contribution in [0.25, 0.3) is 0 Å². The third kappa shape index (κ3) is 3.15. The summed E-state index contributed by atoms with van der Waals surface area (Å²) in [6, 6.07) is 5.55. The highest BCUT2D eigenvalue weighted by atomic mass is 32.2. The molecule has 4 nitrogen and oxygen atoms in total. The maximum absolute atomic E-state index is 12.6. The van der Waals surface area contributed by atoms with Gasteiger partial charge in [-0.3, -0.25) is 0 Å². The number of rotatable bonds is 4. The SMILES string of the molecule is NCC1CCCCC1NS(=O)(=O)c1ccc2c(c1)CCC2. The van der Waals surface area contributed by atoms with Crippen LogP contribution < -0.4 is 10.5 Å². The van der Waals surface area contributed by atoms with Gasteiger partial charge < -0.3 is 5.73 Å². The van der Waals surface area contributed by atoms with Crippen LogP contribution in [0.15, 0.2) is 23.1 Å². The minimum absolute atomic E-state index is 0.0120. The third-order valence-corrected chi connectivity index (χ3v) is 6.39. The average molecular weight is 308 g/mol. The van der Waals surface area contributed by atoms with Crippen molar-refractivity contribution in [1.29, 1.82) is 0 Å². The van der Waals surface area contributed by atoms with Crippen molar-refractivity contribution >= 4 is 10.0 Å². The summed E-state index contributed by atoms with van der Waals surface area (Å²) >= 11 is 0. The molecule has 3 N–H and O–H groups in total. The summed E-state index contributed by atoms with van der Waals surface area (Å²) < 4.78 is 28.1. The van der Waals surface area contributed by atoms with Crippen LogP contribution in [-0.4, -0.2) is 21.0 Å². The minimum Gasteiger partial charge on any atom is -0.330 e. The Morgan fingerprint density at radius 3 is 2.67 bits per heavy atom. The number of hydrogen-bond donors (Lipinski definition) is 2. The molecule has 1 saturated carbocycles. The van der Waals surface area contributed by atoms with Crippen LogP contribution >= 0.6 is 0 Å². The van der Waals surface area contributed by atoms with E-state index in [0.717, 1.165) is 44.9 Å². The number of benzene rings is 1. The smallest absolute Gasteiger partial charge is 0.240 e. The van der Waals surface area contributed by atoms with Crippen molar-refractivity contribution in [2.75, 3.05) is 6.54 Å². The van der Waals surface area contributed by atoms with Crippen molar-refractivity contribution in [3.8, 4) is 0 Å². The first-order chi connectivity index (χ1) is 10.1. The van der Waals surface area contributed by atoms with Gasteiger partial charge in [-0.05, 0) is 67.8 Å². The van der Waals surface area contributed by atoms with E-state index in [9.17, 15) is 8.42 Å². The van der Waals surface area contributed by atoms with Gasteiger partial charge in [-0.15, -0.1) is 0 Å². The fourth-order valence-electron chi connectivity index (χ4n) is 3.63. The van der Waals surface area contributed by atoms with Crippen molar-refractivity contribution < 1.29 is 8.42 Å². The molecule has 0 saturated heterocycles. The zero-order valence-corrected chi connectivity index (χ0v) is 13.2. The molecule has 0 bridgehead atoms. The second-order valence-electron chi connectivity index (χ2n) is 6.29. The quantitative estimate of drug-likeness (QED) is 0.893. The highest BCUT2D eigenvalue weighted by molar-refractivity contribution is 7.89. The summed E-state index contributed by atoms with van der Waals surface area (Å²) in [4.78, 5) is 0.407. The van der Waals surface area contributed by atoms with Crippen LogP contribution in [-0.2, 0) is 22.9 Å². The summed E-state index contributed by atoms with van der Waals surface area (Å²) in [6.07, 6.45) is 7.34. The summed E-state index contributed by atoms with van der Waals surface area (Å²) in [6.45, 7) is 0.553. The molecule has 21 heavy (non-hydrogen) atoms. The maximum Gasteiger partial charge on any atom is 0.240 e. The van der Waals surface area contributed by atoms with Gasteiger partial charge in [0, 0.05) is 6.04 Å². The standard InChI is InChI=1S/C16H24N2O2S/c17-11-14-4-1-2-7-16(14)18-21(19,20)15-9-8-12-5-3-6-13(12)10-15/h8-10,14,16,18H,1-7,11,17H2. The van der Waals surface area contributed by atoms with E-state index in [-0.39, 0.29) is 12.0 Å². The van der Waals surface area contributed by atoms with Crippen molar-refractivity contribution in [2.24, 2.45) is 11.7 Å². The lowest BCUT2D eigenvalue weighted by atomic mass is 9.85. The molecule has 0 amide bonds. The summed E-state index contributed by atoms with van der Waals surface area (Å²) in [7, 11) is -3.43. The molecule has 0 radical (unpaired) electrons. The van der Waals surface area contributed by atoms with Gasteiger partial charge in [-0.25, -0.2) is 13.1 Å². The molecule has 0 aromatic heterocycles. The van der Waals surface area contributed by atoms with E-state index < -0.39 is 10.0 Å². The Kier molecular flexibility index (Phi) is 4.33. The average Bonchev–Trinajstić information content (AvgIpc) is 2.95. The van der Waals surface area contributed by atoms with Gasteiger partial charge in [-0.2, -0.15) is 0 Å². The topological polar surface area (TPSA) is 72.2 Å². The lowest BCUT2D eigenvalue weighted by Crippen LogP contribution is -2.44. The summed E-state index contributed by atoms with van der Waals surface area (Å²) in [5.74, 6) is 0.267. The number of sulfonamides is 1. The Hall–Kier alpha value is -0.910. The van der Waals surface area contributed by atoms with E-state index in [1.165, 1.54) is 11.1 Å². The summed E-state index contributed by atoms with van der Waals surface area (Å²) in [5, 5.41) is 0. The first kappa shape index (κ1) is 15.0. The van der Waals surface area contributed by atoms with Crippen LogP contribution in [0.3, 0.4) is 0 Å². The zero-order valence-electron chi connectivity index (χ0n) is 12.3. The Morgan fingerprint density at radius 2 is 1.86 bits per heavy atom. The van der Waals surface area contributed by atoms with Gasteiger partial charge in [0.05, 0.1) is 4.90 Å². The number of nitrogens with one attached hydrogen (secondary N) is 1. The molecule has 3 rings (SSSR count). The molecule has 0 spiro atoms. The predicted molar refractivity (Wildman–Crippen MR) is 83.6 cm³/mol. The van der Waals surface area contributed by atoms with Gasteiger partial charge in [-0.1, -0.05) is 18.9 Å². The van der Waals surface area contributed by atoms with Crippen LogP contribution in [0.5, 0.6) is 0 Å². The minimum atomic E-state index is -3.43. The van der Waals surface area contributed by atoms with E-state index >= 15 is 0 Å². The molecule has 1 fully saturated rings. The molecular weight excluding hydrogens is 284 g/mol. The van der Waals surface area contributed by atoms with Gasteiger partial charge in [0.2, 0.25) is 10.0 Å². The van der Waals surface area contributed by atoms with Gasteiger partial charge in [0.1, 0.15) is 0 Å². The highest BCUT2D eigenvalue weighted by Crippen LogP contribution is 2.27. The molecule has 2 aliphatic carbocycles. The lowest BCUT2D eigenvalue weighted by Gasteiger charge is -2.31. The predicted octanol–water partition coefficient (Wildman–Crippen LogP) is 1.97. The Labute approximate surface area is 127 Å². The van der Waals surface area contributed by atoms with E-state index in [2.05, 4.69) is 4.72 Å². The molecular formula is C16H24N2O2S. The van der Waals surface area contributed by atoms with Crippen molar-refractivity contribution in [2.45, 2.75) is 55.9 Å². The zero-order chi connectivity index (χ0) is 14.9. The van der Waals surface area contributed by atoms with E-state index in [4.69, 9.17) is 5.73 Å². The fraction of sp³-hybridized carbons (Fsp3) is 0.625. The molecule has 116 valence electrons. The second-order valence-corrected chi connectivity index (χ2v) is 8.01. The van der Waals surface area contributed by atoms with Crippen molar-refractivity contribution in [3.63, 3.8) is 0 Å². The van der Waals surface area contributed by atoms with E-state index in [1.807, 2.05) is 12.1 Å². The largest absolute Gasteiger partial charge is 0.330 e. The van der Waals surface area contributed by atoms with Crippen molar-refractivity contribution in [1.82, 2.24) is 4.72 Å². The molecule has 0 aliphatic heterocycles. The molecule has 2 unspecified atom stereocenters. The molecule has 2 atom stereocenters. The Morgan fingerprint density at radius 1 is 1.10 bits per heavy atom. The van der Waals surface area contributed by atoms with Crippen LogP contribution in [0.2, 0.25) is 0 Å². The second kappa shape index (κ2) is 6.07. The third-order valence-electron chi connectivity index (χ3n) is 4.90. The van der Waals surface area contributed by atoms with Crippen LogP contribution in [0.4, 0.5) is 0 Å². The maximum atomic E-state index is 12.6. The molecule has 0 heterocycles. The Bertz CT molecular complexity index is 613. The molecule has 5 heteroatoms. The number of fused-ring (bicyclic) bond motifs is 1. The van der Waals surface area contributed by atoms with Crippen LogP contribution in [0, 0.1) is 5.92 Å². The van der Waals surface area contributed by atoms with Gasteiger partial charge in [0.15, 0.2) is 0 Å². The van der Waals surface area contributed by atoms with Crippen molar-refractivity contribution in [3.05, 3.63) is 29.3 Å². The molecule has 1 aromatic rings. The number of nitrogens with two attached hydrogens (primary N) is 1. The first-order valence-electron chi connectivity index (χ1n) is 7.94. The molecule has 1 aromatic carbocycles. The Balaban J connectivity index is 1.80. The van der Waals surface area contributed by atoms with Gasteiger partial charge in [0.25, 0.3) is 0 Å². The fourth-order valence-corrected chi connectivity index (χ4v) is 5.02.